The highest BCUT2D eigenvalue weighted by molar-refractivity contribution is 14.1. The van der Waals surface area contributed by atoms with Gasteiger partial charge in [-0.15, -0.1) is 0 Å². The van der Waals surface area contributed by atoms with E-state index in [-0.39, 0.29) is 0 Å². The van der Waals surface area contributed by atoms with E-state index < -0.39 is 0 Å². The molecule has 1 unspecified atom stereocenters. The van der Waals surface area contributed by atoms with E-state index in [9.17, 15) is 0 Å². The second-order valence-corrected chi connectivity index (χ2v) is 6.98. The molecule has 0 radical (unpaired) electrons. The highest BCUT2D eigenvalue weighted by Crippen LogP contribution is 2.35. The molecule has 4 rings (SSSR count). The third-order valence-electron chi connectivity index (χ3n) is 4.21. The van der Waals surface area contributed by atoms with Crippen LogP contribution in [0.15, 0.2) is 54.6 Å². The molecular formula is C19H16IN. The fraction of sp³-hybridized carbons (Fsp3) is 0.158. The number of para-hydroxylation sites is 1. The Kier molecular flexibility index (Phi) is 3.14. The minimum Gasteiger partial charge on any atom is -0.310 e. The molecule has 1 atom stereocenters. The molecule has 0 N–H and O–H groups in total. The molecule has 1 aromatic heterocycles. The fourth-order valence-electron chi connectivity index (χ4n) is 3.23. The summed E-state index contributed by atoms with van der Waals surface area (Å²) in [6.07, 6.45) is 5.75. The second kappa shape index (κ2) is 5.02. The van der Waals surface area contributed by atoms with Crippen molar-refractivity contribution < 1.29 is 0 Å². The first-order valence-electron chi connectivity index (χ1n) is 7.30. The fourth-order valence-corrected chi connectivity index (χ4v) is 3.59. The lowest BCUT2D eigenvalue weighted by Crippen LogP contribution is -2.05. The molecule has 0 saturated heterocycles. The van der Waals surface area contributed by atoms with Crippen LogP contribution in [-0.2, 0) is 6.42 Å². The summed E-state index contributed by atoms with van der Waals surface area (Å²) < 4.78 is 3.66. The average Bonchev–Trinajstić information content (AvgIpc) is 2.82. The molecule has 1 heterocycles. The van der Waals surface area contributed by atoms with Crippen molar-refractivity contribution in [2.24, 2.45) is 5.92 Å². The molecule has 2 aromatic carbocycles. The highest BCUT2D eigenvalue weighted by Gasteiger charge is 2.20. The number of benzene rings is 2. The molecular weight excluding hydrogens is 369 g/mol. The van der Waals surface area contributed by atoms with Crippen molar-refractivity contribution in [2.75, 3.05) is 0 Å². The summed E-state index contributed by atoms with van der Waals surface area (Å²) >= 11 is 2.36. The summed E-state index contributed by atoms with van der Waals surface area (Å²) in [5.41, 5.74) is 5.38. The topological polar surface area (TPSA) is 4.93 Å². The van der Waals surface area contributed by atoms with Gasteiger partial charge in [-0.25, -0.2) is 0 Å². The van der Waals surface area contributed by atoms with E-state index >= 15 is 0 Å². The lowest BCUT2D eigenvalue weighted by molar-refractivity contribution is 0.718. The summed E-state index contributed by atoms with van der Waals surface area (Å²) in [6.45, 7) is 2.29. The Morgan fingerprint density at radius 1 is 1.05 bits per heavy atom. The Balaban J connectivity index is 2.06. The minimum atomic E-state index is 0.619. The van der Waals surface area contributed by atoms with E-state index in [1.807, 2.05) is 0 Å². The zero-order valence-corrected chi connectivity index (χ0v) is 14.0. The van der Waals surface area contributed by atoms with Gasteiger partial charge in [-0.3, -0.25) is 0 Å². The molecule has 2 heteroatoms. The Labute approximate surface area is 138 Å². The molecule has 1 aliphatic rings. The maximum atomic E-state index is 2.39. The average molecular weight is 385 g/mol. The number of aromatic nitrogens is 1. The standard InChI is InChI=1S/C19H16IN/c1-13-6-11-19-17(12-13)16-4-2-3-5-18(16)21(19)15-9-7-14(20)8-10-15/h2-11,13H,12H2,1H3. The molecule has 0 spiro atoms. The first-order valence-corrected chi connectivity index (χ1v) is 8.38. The lowest BCUT2D eigenvalue weighted by atomic mass is 9.93. The van der Waals surface area contributed by atoms with Gasteiger partial charge in [-0.05, 0) is 76.9 Å². The first kappa shape index (κ1) is 13.1. The van der Waals surface area contributed by atoms with Gasteiger partial charge < -0.3 is 4.57 Å². The zero-order chi connectivity index (χ0) is 14.4. The van der Waals surface area contributed by atoms with Crippen molar-refractivity contribution >= 4 is 39.6 Å². The van der Waals surface area contributed by atoms with Gasteiger partial charge in [-0.2, -0.15) is 0 Å². The number of rotatable bonds is 1. The third kappa shape index (κ3) is 2.13. The SMILES string of the molecule is CC1C=Cc2c(c3ccccc3n2-c2ccc(I)cc2)C1. The molecule has 3 aromatic rings. The number of hydrogen-bond acceptors (Lipinski definition) is 0. The van der Waals surface area contributed by atoms with Gasteiger partial charge in [0.1, 0.15) is 0 Å². The predicted molar refractivity (Wildman–Crippen MR) is 97.9 cm³/mol. The first-order chi connectivity index (χ1) is 10.2. The van der Waals surface area contributed by atoms with Crippen LogP contribution < -0.4 is 0 Å². The zero-order valence-electron chi connectivity index (χ0n) is 11.9. The Bertz CT molecular complexity index is 840. The second-order valence-electron chi connectivity index (χ2n) is 5.73. The smallest absolute Gasteiger partial charge is 0.0537 e. The van der Waals surface area contributed by atoms with Crippen LogP contribution in [0.2, 0.25) is 0 Å². The number of nitrogens with zero attached hydrogens (tertiary/aromatic N) is 1. The number of fused-ring (bicyclic) bond motifs is 3. The predicted octanol–water partition coefficient (Wildman–Crippen LogP) is 5.44. The van der Waals surface area contributed by atoms with Gasteiger partial charge >= 0.3 is 0 Å². The van der Waals surface area contributed by atoms with E-state index in [0.29, 0.717) is 5.92 Å². The molecule has 104 valence electrons. The number of halogens is 1. The van der Waals surface area contributed by atoms with Crippen molar-refractivity contribution in [1.82, 2.24) is 4.57 Å². The largest absolute Gasteiger partial charge is 0.310 e. The van der Waals surface area contributed by atoms with Gasteiger partial charge in [0.25, 0.3) is 0 Å². The molecule has 0 amide bonds. The van der Waals surface area contributed by atoms with Crippen LogP contribution in [0.25, 0.3) is 22.7 Å². The van der Waals surface area contributed by atoms with Crippen LogP contribution in [0.1, 0.15) is 18.2 Å². The van der Waals surface area contributed by atoms with Crippen molar-refractivity contribution in [1.29, 1.82) is 0 Å². The molecule has 0 saturated carbocycles. The summed E-state index contributed by atoms with van der Waals surface area (Å²) in [6, 6.07) is 17.5. The third-order valence-corrected chi connectivity index (χ3v) is 4.93. The van der Waals surface area contributed by atoms with Crippen LogP contribution in [-0.4, -0.2) is 4.57 Å². The van der Waals surface area contributed by atoms with Crippen molar-refractivity contribution in [2.45, 2.75) is 13.3 Å². The van der Waals surface area contributed by atoms with Crippen LogP contribution in [0, 0.1) is 9.49 Å². The molecule has 0 aliphatic heterocycles. The van der Waals surface area contributed by atoms with E-state index in [1.165, 1.54) is 31.4 Å². The van der Waals surface area contributed by atoms with Crippen LogP contribution >= 0.6 is 22.6 Å². The maximum Gasteiger partial charge on any atom is 0.0537 e. The summed E-state index contributed by atoms with van der Waals surface area (Å²) in [4.78, 5) is 0. The summed E-state index contributed by atoms with van der Waals surface area (Å²) in [5, 5.41) is 1.39. The number of allylic oxidation sites excluding steroid dienone is 1. The number of hydrogen-bond donors (Lipinski definition) is 0. The normalized spacial score (nSPS) is 17.1. The van der Waals surface area contributed by atoms with Crippen molar-refractivity contribution in [3.63, 3.8) is 0 Å². The van der Waals surface area contributed by atoms with Crippen molar-refractivity contribution in [3.8, 4) is 5.69 Å². The van der Waals surface area contributed by atoms with E-state index in [4.69, 9.17) is 0 Å². The summed E-state index contributed by atoms with van der Waals surface area (Å²) in [5.74, 6) is 0.619. The van der Waals surface area contributed by atoms with Crippen LogP contribution in [0.4, 0.5) is 0 Å². The Morgan fingerprint density at radius 2 is 1.81 bits per heavy atom. The van der Waals surface area contributed by atoms with E-state index in [0.717, 1.165) is 6.42 Å². The van der Waals surface area contributed by atoms with Crippen LogP contribution in [0.3, 0.4) is 0 Å². The lowest BCUT2D eigenvalue weighted by Gasteiger charge is -2.15. The molecule has 0 fully saturated rings. The molecule has 21 heavy (non-hydrogen) atoms. The van der Waals surface area contributed by atoms with Gasteiger partial charge in [-0.1, -0.05) is 31.2 Å². The quantitative estimate of drug-likeness (QED) is 0.492. The summed E-state index contributed by atoms with van der Waals surface area (Å²) in [7, 11) is 0. The Morgan fingerprint density at radius 3 is 2.62 bits per heavy atom. The molecule has 0 bridgehead atoms. The Hall–Kier alpha value is -1.55. The van der Waals surface area contributed by atoms with Gasteiger partial charge in [0, 0.05) is 20.3 Å². The monoisotopic (exact) mass is 385 g/mol. The molecule has 1 aliphatic carbocycles. The van der Waals surface area contributed by atoms with Crippen LogP contribution in [0.5, 0.6) is 0 Å². The van der Waals surface area contributed by atoms with Gasteiger partial charge in [0.05, 0.1) is 5.52 Å². The molecule has 1 nitrogen and oxygen atoms in total. The van der Waals surface area contributed by atoms with E-state index in [2.05, 4.69) is 94.8 Å². The highest BCUT2D eigenvalue weighted by atomic mass is 127. The van der Waals surface area contributed by atoms with Crippen molar-refractivity contribution in [3.05, 3.63) is 69.4 Å². The van der Waals surface area contributed by atoms with E-state index in [1.54, 1.807) is 0 Å². The minimum absolute atomic E-state index is 0.619. The van der Waals surface area contributed by atoms with Gasteiger partial charge in [0.2, 0.25) is 0 Å². The maximum absolute atomic E-state index is 2.39. The van der Waals surface area contributed by atoms with Gasteiger partial charge in [0.15, 0.2) is 0 Å².